The molecule has 2 aliphatic heterocycles. The maximum absolute atomic E-state index is 13.3. The van der Waals surface area contributed by atoms with E-state index in [0.29, 0.717) is 29.7 Å². The maximum atomic E-state index is 13.3. The Kier molecular flexibility index (Phi) is 5.15. The summed E-state index contributed by atoms with van der Waals surface area (Å²) in [7, 11) is 1.77. The van der Waals surface area contributed by atoms with Gasteiger partial charge in [-0.05, 0) is 45.9 Å². The molecule has 9 heteroatoms. The summed E-state index contributed by atoms with van der Waals surface area (Å²) in [6.45, 7) is 8.01. The highest BCUT2D eigenvalue weighted by Gasteiger charge is 2.42. The zero-order valence-corrected chi connectivity index (χ0v) is 18.9. The molecule has 9 nitrogen and oxygen atoms in total. The van der Waals surface area contributed by atoms with Crippen molar-refractivity contribution in [2.24, 2.45) is 7.05 Å². The first-order valence-corrected chi connectivity index (χ1v) is 10.6. The van der Waals surface area contributed by atoms with Gasteiger partial charge in [0, 0.05) is 42.4 Å². The van der Waals surface area contributed by atoms with Crippen LogP contribution in [0.3, 0.4) is 0 Å². The number of ether oxygens (including phenoxy) is 1. The van der Waals surface area contributed by atoms with E-state index in [4.69, 9.17) is 4.74 Å². The standard InChI is InChI=1S/C23H26N4O5/c1-6-32-22(31)18-16-12-26(10-9-17(16)25(5)24-18)19(28)13-7-8-14-15(11-13)21(30)27(20(14)29)23(2,3)4/h7-8,11H,6,9-10,12H2,1-5H3. The van der Waals surface area contributed by atoms with E-state index in [2.05, 4.69) is 5.10 Å². The van der Waals surface area contributed by atoms with Crippen molar-refractivity contribution in [3.8, 4) is 0 Å². The Hall–Kier alpha value is -3.49. The molecular weight excluding hydrogens is 412 g/mol. The molecule has 0 spiro atoms. The predicted octanol–water partition coefficient (Wildman–Crippen LogP) is 2.19. The summed E-state index contributed by atoms with van der Waals surface area (Å²) in [5, 5.41) is 4.29. The number of hydrogen-bond donors (Lipinski definition) is 0. The lowest BCUT2D eigenvalue weighted by Crippen LogP contribution is -2.45. The summed E-state index contributed by atoms with van der Waals surface area (Å²) in [5.74, 6) is -1.53. The molecule has 0 N–H and O–H groups in total. The number of aryl methyl sites for hydroxylation is 1. The lowest BCUT2D eigenvalue weighted by molar-refractivity contribution is 0.0498. The van der Waals surface area contributed by atoms with Gasteiger partial charge in [-0.3, -0.25) is 24.0 Å². The number of imide groups is 1. The number of hydrogen-bond acceptors (Lipinski definition) is 6. The van der Waals surface area contributed by atoms with Crippen LogP contribution in [0.5, 0.6) is 0 Å². The molecule has 0 aliphatic carbocycles. The fourth-order valence-electron chi connectivity index (χ4n) is 4.29. The normalized spacial score (nSPS) is 15.7. The third kappa shape index (κ3) is 3.37. The Labute approximate surface area is 185 Å². The molecule has 0 fully saturated rings. The van der Waals surface area contributed by atoms with E-state index in [1.165, 1.54) is 17.0 Å². The number of carbonyl (C=O) groups is 4. The highest BCUT2D eigenvalue weighted by atomic mass is 16.5. The van der Waals surface area contributed by atoms with Crippen molar-refractivity contribution in [2.75, 3.05) is 13.2 Å². The quantitative estimate of drug-likeness (QED) is 0.538. The van der Waals surface area contributed by atoms with Gasteiger partial charge in [0.2, 0.25) is 0 Å². The first-order chi connectivity index (χ1) is 15.0. The van der Waals surface area contributed by atoms with Crippen LogP contribution >= 0.6 is 0 Å². The molecule has 3 heterocycles. The molecule has 2 aromatic rings. The largest absolute Gasteiger partial charge is 0.461 e. The van der Waals surface area contributed by atoms with E-state index in [9.17, 15) is 19.2 Å². The molecule has 32 heavy (non-hydrogen) atoms. The minimum absolute atomic E-state index is 0.217. The van der Waals surface area contributed by atoms with Crippen LogP contribution < -0.4 is 0 Å². The van der Waals surface area contributed by atoms with Crippen LogP contribution in [0.4, 0.5) is 0 Å². The third-order valence-electron chi connectivity index (χ3n) is 5.80. The summed E-state index contributed by atoms with van der Waals surface area (Å²) in [5.41, 5.74) is 2.00. The summed E-state index contributed by atoms with van der Waals surface area (Å²) in [4.78, 5) is 54.0. The van der Waals surface area contributed by atoms with Gasteiger partial charge in [-0.25, -0.2) is 4.79 Å². The van der Waals surface area contributed by atoms with Crippen LogP contribution in [0.15, 0.2) is 18.2 Å². The fourth-order valence-corrected chi connectivity index (χ4v) is 4.29. The van der Waals surface area contributed by atoms with Crippen LogP contribution in [0.2, 0.25) is 0 Å². The van der Waals surface area contributed by atoms with Gasteiger partial charge in [0.05, 0.1) is 24.3 Å². The van der Waals surface area contributed by atoms with Gasteiger partial charge in [0.15, 0.2) is 5.69 Å². The summed E-state index contributed by atoms with van der Waals surface area (Å²) in [6, 6.07) is 4.61. The van der Waals surface area contributed by atoms with Crippen molar-refractivity contribution in [3.05, 3.63) is 51.8 Å². The molecule has 3 amide bonds. The SMILES string of the molecule is CCOC(=O)c1nn(C)c2c1CN(C(=O)c1ccc3c(c1)C(=O)N(C(C)(C)C)C3=O)CC2. The van der Waals surface area contributed by atoms with Gasteiger partial charge in [-0.2, -0.15) is 5.10 Å². The molecule has 2 aliphatic rings. The molecule has 0 radical (unpaired) electrons. The lowest BCUT2D eigenvalue weighted by atomic mass is 10.0. The lowest BCUT2D eigenvalue weighted by Gasteiger charge is -2.29. The molecule has 0 unspecified atom stereocenters. The molecule has 0 saturated heterocycles. The van der Waals surface area contributed by atoms with Crippen molar-refractivity contribution < 1.29 is 23.9 Å². The topological polar surface area (TPSA) is 102 Å². The van der Waals surface area contributed by atoms with Crippen molar-refractivity contribution in [1.29, 1.82) is 0 Å². The van der Waals surface area contributed by atoms with Gasteiger partial charge < -0.3 is 9.64 Å². The van der Waals surface area contributed by atoms with Crippen LogP contribution in [0, 0.1) is 0 Å². The molecule has 4 rings (SSSR count). The Morgan fingerprint density at radius 1 is 1.12 bits per heavy atom. The molecule has 0 saturated carbocycles. The minimum Gasteiger partial charge on any atom is -0.461 e. The van der Waals surface area contributed by atoms with Gasteiger partial charge in [0.25, 0.3) is 17.7 Å². The van der Waals surface area contributed by atoms with E-state index in [1.807, 2.05) is 0 Å². The monoisotopic (exact) mass is 438 g/mol. The van der Waals surface area contributed by atoms with Crippen LogP contribution in [-0.4, -0.2) is 62.0 Å². The first-order valence-electron chi connectivity index (χ1n) is 10.6. The minimum atomic E-state index is -0.662. The van der Waals surface area contributed by atoms with Crippen molar-refractivity contribution in [1.82, 2.24) is 19.6 Å². The van der Waals surface area contributed by atoms with Gasteiger partial charge >= 0.3 is 5.97 Å². The van der Waals surface area contributed by atoms with Crippen LogP contribution in [-0.2, 0) is 24.8 Å². The van der Waals surface area contributed by atoms with E-state index in [-0.39, 0.29) is 36.2 Å². The predicted molar refractivity (Wildman–Crippen MR) is 114 cm³/mol. The average Bonchev–Trinajstić information content (AvgIpc) is 3.20. The van der Waals surface area contributed by atoms with E-state index in [0.717, 1.165) is 5.69 Å². The van der Waals surface area contributed by atoms with Gasteiger partial charge in [-0.1, -0.05) is 0 Å². The molecule has 168 valence electrons. The number of carbonyl (C=O) groups excluding carboxylic acids is 4. The van der Waals surface area contributed by atoms with Crippen molar-refractivity contribution in [2.45, 2.75) is 46.2 Å². The second-order valence-corrected chi connectivity index (χ2v) is 8.97. The number of rotatable bonds is 3. The zero-order valence-electron chi connectivity index (χ0n) is 18.9. The fraction of sp³-hybridized carbons (Fsp3) is 0.435. The molecule has 1 aromatic carbocycles. The van der Waals surface area contributed by atoms with Crippen LogP contribution in [0.1, 0.15) is 80.5 Å². The number of benzene rings is 1. The summed E-state index contributed by atoms with van der Waals surface area (Å²) in [6.07, 6.45) is 0.546. The molecule has 1 aromatic heterocycles. The molecule has 0 atom stereocenters. The third-order valence-corrected chi connectivity index (χ3v) is 5.80. The number of nitrogens with zero attached hydrogens (tertiary/aromatic N) is 4. The Bertz CT molecular complexity index is 1160. The zero-order chi connectivity index (χ0) is 23.4. The van der Waals surface area contributed by atoms with E-state index < -0.39 is 17.4 Å². The average molecular weight is 438 g/mol. The number of esters is 1. The summed E-state index contributed by atoms with van der Waals surface area (Å²) < 4.78 is 6.76. The number of amides is 3. The smallest absolute Gasteiger partial charge is 0.359 e. The van der Waals surface area contributed by atoms with Crippen molar-refractivity contribution >= 4 is 23.7 Å². The number of aromatic nitrogens is 2. The van der Waals surface area contributed by atoms with E-state index in [1.54, 1.807) is 50.4 Å². The van der Waals surface area contributed by atoms with Gasteiger partial charge in [-0.15, -0.1) is 0 Å². The second kappa shape index (κ2) is 7.58. The highest BCUT2D eigenvalue weighted by Crippen LogP contribution is 2.31. The Morgan fingerprint density at radius 3 is 2.47 bits per heavy atom. The van der Waals surface area contributed by atoms with Crippen LogP contribution in [0.25, 0.3) is 0 Å². The Balaban J connectivity index is 1.62. The molecular formula is C23H26N4O5. The van der Waals surface area contributed by atoms with Crippen molar-refractivity contribution in [3.63, 3.8) is 0 Å². The summed E-state index contributed by atoms with van der Waals surface area (Å²) >= 11 is 0. The first kappa shape index (κ1) is 21.7. The van der Waals surface area contributed by atoms with E-state index >= 15 is 0 Å². The van der Waals surface area contributed by atoms with Gasteiger partial charge in [0.1, 0.15) is 0 Å². The highest BCUT2D eigenvalue weighted by molar-refractivity contribution is 6.22. The Morgan fingerprint density at radius 2 is 1.81 bits per heavy atom. The number of fused-ring (bicyclic) bond motifs is 2. The maximum Gasteiger partial charge on any atom is 0.359 e. The second-order valence-electron chi connectivity index (χ2n) is 8.97. The molecule has 0 bridgehead atoms.